The third-order valence-electron chi connectivity index (χ3n) is 5.14. The van der Waals surface area contributed by atoms with Crippen molar-refractivity contribution in [1.82, 2.24) is 9.97 Å². The zero-order valence-electron chi connectivity index (χ0n) is 14.6. The minimum absolute atomic E-state index is 0.0907. The zero-order chi connectivity index (χ0) is 17.8. The standard InChI is InChI=1S/C17H27N5O3/c1-25-13-6-3-10(4-7-13)21-17-19-9-14(15(18)24)16(22-17)20-11-2-5-12(23)8-11/h9-13,23H,2-8H2,1H3,(H2,18,24)(H2,19,20,21,22)/t10?,11-,12?,13?/m0/s1. The van der Waals surface area contributed by atoms with Crippen LogP contribution in [0, 0.1) is 0 Å². The molecule has 2 saturated carbocycles. The highest BCUT2D eigenvalue weighted by molar-refractivity contribution is 5.97. The number of methoxy groups -OCH3 is 1. The molecule has 3 rings (SSSR count). The van der Waals surface area contributed by atoms with Crippen molar-refractivity contribution in [3.05, 3.63) is 11.8 Å². The number of anilines is 2. The number of nitrogens with two attached hydrogens (primary N) is 1. The Bertz CT molecular complexity index is 604. The number of aliphatic hydroxyl groups is 1. The van der Waals surface area contributed by atoms with Gasteiger partial charge in [-0.05, 0) is 44.9 Å². The number of primary amides is 1. The lowest BCUT2D eigenvalue weighted by molar-refractivity contribution is 0.0681. The van der Waals surface area contributed by atoms with Crippen LogP contribution in [0.1, 0.15) is 55.3 Å². The van der Waals surface area contributed by atoms with Gasteiger partial charge in [0.1, 0.15) is 5.82 Å². The first-order valence-corrected chi connectivity index (χ1v) is 8.96. The first-order chi connectivity index (χ1) is 12.0. The number of hydrogen-bond donors (Lipinski definition) is 4. The number of aliphatic hydroxyl groups excluding tert-OH is 1. The van der Waals surface area contributed by atoms with Gasteiger partial charge in [-0.2, -0.15) is 4.98 Å². The van der Waals surface area contributed by atoms with Crippen LogP contribution in [0.5, 0.6) is 0 Å². The fourth-order valence-corrected chi connectivity index (χ4v) is 3.65. The number of carbonyl (C=O) groups excluding carboxylic acids is 1. The molecule has 25 heavy (non-hydrogen) atoms. The van der Waals surface area contributed by atoms with Gasteiger partial charge in [-0.3, -0.25) is 4.79 Å². The molecule has 1 aromatic rings. The Hall–Kier alpha value is -1.93. The van der Waals surface area contributed by atoms with Gasteiger partial charge in [0.25, 0.3) is 5.91 Å². The SMILES string of the molecule is COC1CCC(Nc2ncc(C(N)=O)c(N[C@H]3CCC(O)C3)n2)CC1. The monoisotopic (exact) mass is 349 g/mol. The van der Waals surface area contributed by atoms with Crippen molar-refractivity contribution < 1.29 is 14.6 Å². The highest BCUT2D eigenvalue weighted by Crippen LogP contribution is 2.26. The minimum atomic E-state index is -0.562. The molecule has 8 heteroatoms. The van der Waals surface area contributed by atoms with Gasteiger partial charge in [0.05, 0.1) is 17.8 Å². The van der Waals surface area contributed by atoms with Crippen LogP contribution >= 0.6 is 0 Å². The molecule has 5 N–H and O–H groups in total. The largest absolute Gasteiger partial charge is 0.393 e. The summed E-state index contributed by atoms with van der Waals surface area (Å²) in [5.41, 5.74) is 5.71. The number of aromatic nitrogens is 2. The predicted molar refractivity (Wildman–Crippen MR) is 94.5 cm³/mol. The lowest BCUT2D eigenvalue weighted by Crippen LogP contribution is -2.30. The van der Waals surface area contributed by atoms with Crippen LogP contribution in [-0.4, -0.2) is 52.4 Å². The second-order valence-electron chi connectivity index (χ2n) is 6.98. The van der Waals surface area contributed by atoms with Gasteiger partial charge < -0.3 is 26.2 Å². The molecule has 1 amide bonds. The molecule has 0 spiro atoms. The number of hydrogen-bond acceptors (Lipinski definition) is 7. The number of nitrogens with one attached hydrogen (secondary N) is 2. The Balaban J connectivity index is 1.68. The summed E-state index contributed by atoms with van der Waals surface area (Å²) in [6, 6.07) is 0.389. The Labute approximate surface area is 147 Å². The smallest absolute Gasteiger partial charge is 0.254 e. The molecule has 0 aliphatic heterocycles. The van der Waals surface area contributed by atoms with Crippen LogP contribution < -0.4 is 16.4 Å². The highest BCUT2D eigenvalue weighted by atomic mass is 16.5. The molecule has 2 aliphatic carbocycles. The van der Waals surface area contributed by atoms with Gasteiger partial charge in [0.15, 0.2) is 0 Å². The van der Waals surface area contributed by atoms with Gasteiger partial charge in [-0.15, -0.1) is 0 Å². The fourth-order valence-electron chi connectivity index (χ4n) is 3.65. The van der Waals surface area contributed by atoms with Gasteiger partial charge in [-0.25, -0.2) is 4.98 Å². The number of rotatable bonds is 6. The second kappa shape index (κ2) is 7.97. The van der Waals surface area contributed by atoms with Crippen LogP contribution in [0.25, 0.3) is 0 Å². The molecule has 1 unspecified atom stereocenters. The summed E-state index contributed by atoms with van der Waals surface area (Å²) >= 11 is 0. The van der Waals surface area contributed by atoms with E-state index in [4.69, 9.17) is 10.5 Å². The Morgan fingerprint density at radius 2 is 1.92 bits per heavy atom. The van der Waals surface area contributed by atoms with Gasteiger partial charge >= 0.3 is 0 Å². The van der Waals surface area contributed by atoms with Crippen molar-refractivity contribution in [2.75, 3.05) is 17.7 Å². The van der Waals surface area contributed by atoms with E-state index in [0.29, 0.717) is 30.3 Å². The summed E-state index contributed by atoms with van der Waals surface area (Å²) in [7, 11) is 1.75. The average Bonchev–Trinajstić information content (AvgIpc) is 3.00. The maximum Gasteiger partial charge on any atom is 0.254 e. The fraction of sp³-hybridized carbons (Fsp3) is 0.706. The molecular formula is C17H27N5O3. The van der Waals surface area contributed by atoms with Crippen molar-refractivity contribution in [2.24, 2.45) is 5.73 Å². The first-order valence-electron chi connectivity index (χ1n) is 8.96. The molecule has 0 bridgehead atoms. The van der Waals surface area contributed by atoms with Crippen LogP contribution in [0.15, 0.2) is 6.20 Å². The number of ether oxygens (including phenoxy) is 1. The molecule has 138 valence electrons. The van der Waals surface area contributed by atoms with E-state index in [1.54, 1.807) is 7.11 Å². The number of nitrogens with zero attached hydrogens (tertiary/aromatic N) is 2. The summed E-state index contributed by atoms with van der Waals surface area (Å²) in [6.07, 6.45) is 7.76. The topological polar surface area (TPSA) is 122 Å². The second-order valence-corrected chi connectivity index (χ2v) is 6.98. The van der Waals surface area contributed by atoms with Gasteiger partial charge in [0.2, 0.25) is 5.95 Å². The molecule has 2 fully saturated rings. The molecule has 0 aromatic carbocycles. The molecule has 2 atom stereocenters. The number of amides is 1. The van der Waals surface area contributed by atoms with Gasteiger partial charge in [0, 0.05) is 25.4 Å². The van der Waals surface area contributed by atoms with Crippen molar-refractivity contribution in [1.29, 1.82) is 0 Å². The maximum atomic E-state index is 11.6. The summed E-state index contributed by atoms with van der Waals surface area (Å²) in [5.74, 6) is 0.370. The van der Waals surface area contributed by atoms with Crippen LogP contribution in [0.2, 0.25) is 0 Å². The summed E-state index contributed by atoms with van der Waals surface area (Å²) in [5, 5.41) is 16.3. The quantitative estimate of drug-likeness (QED) is 0.610. The summed E-state index contributed by atoms with van der Waals surface area (Å²) < 4.78 is 5.39. The maximum absolute atomic E-state index is 11.6. The van der Waals surface area contributed by atoms with Gasteiger partial charge in [-0.1, -0.05) is 0 Å². The van der Waals surface area contributed by atoms with E-state index in [0.717, 1.165) is 38.5 Å². The number of carbonyl (C=O) groups is 1. The molecule has 0 radical (unpaired) electrons. The molecule has 1 heterocycles. The Morgan fingerprint density at radius 3 is 2.52 bits per heavy atom. The minimum Gasteiger partial charge on any atom is -0.393 e. The van der Waals surface area contributed by atoms with Crippen LogP contribution in [0.4, 0.5) is 11.8 Å². The van der Waals surface area contributed by atoms with E-state index in [-0.39, 0.29) is 17.7 Å². The third-order valence-corrected chi connectivity index (χ3v) is 5.14. The molecule has 8 nitrogen and oxygen atoms in total. The van der Waals surface area contributed by atoms with Crippen LogP contribution in [0.3, 0.4) is 0 Å². The van der Waals surface area contributed by atoms with Crippen molar-refractivity contribution in [3.63, 3.8) is 0 Å². The zero-order valence-corrected chi connectivity index (χ0v) is 14.6. The normalized spacial score (nSPS) is 29.4. The van der Waals surface area contributed by atoms with E-state index in [9.17, 15) is 9.90 Å². The first kappa shape index (κ1) is 17.9. The Morgan fingerprint density at radius 1 is 1.20 bits per heavy atom. The predicted octanol–water partition coefficient (Wildman–Crippen LogP) is 1.27. The van der Waals surface area contributed by atoms with E-state index >= 15 is 0 Å². The molecule has 0 saturated heterocycles. The molecule has 2 aliphatic rings. The lowest BCUT2D eigenvalue weighted by atomic mass is 9.93. The van der Waals surface area contributed by atoms with E-state index in [2.05, 4.69) is 20.6 Å². The van der Waals surface area contributed by atoms with E-state index in [1.807, 2.05) is 0 Å². The average molecular weight is 349 g/mol. The van der Waals surface area contributed by atoms with E-state index in [1.165, 1.54) is 6.20 Å². The summed E-state index contributed by atoms with van der Waals surface area (Å²) in [6.45, 7) is 0. The molecule has 1 aromatic heterocycles. The van der Waals surface area contributed by atoms with Crippen molar-refractivity contribution in [2.45, 2.75) is 69.2 Å². The Kier molecular flexibility index (Phi) is 5.70. The highest BCUT2D eigenvalue weighted by Gasteiger charge is 2.25. The third kappa shape index (κ3) is 4.58. The molecular weight excluding hydrogens is 322 g/mol. The van der Waals surface area contributed by atoms with E-state index < -0.39 is 5.91 Å². The van der Waals surface area contributed by atoms with Crippen molar-refractivity contribution >= 4 is 17.7 Å². The summed E-state index contributed by atoms with van der Waals surface area (Å²) in [4.78, 5) is 20.4. The van der Waals surface area contributed by atoms with Crippen LogP contribution in [-0.2, 0) is 4.74 Å². The lowest BCUT2D eigenvalue weighted by Gasteiger charge is -2.28. The van der Waals surface area contributed by atoms with Crippen molar-refractivity contribution in [3.8, 4) is 0 Å².